The second-order valence-electron chi connectivity index (χ2n) is 8.78. The Morgan fingerprint density at radius 1 is 1.21 bits per heavy atom. The predicted molar refractivity (Wildman–Crippen MR) is 132 cm³/mol. The lowest BCUT2D eigenvalue weighted by Crippen LogP contribution is -2.33. The Labute approximate surface area is 201 Å². The third-order valence-corrected chi connectivity index (χ3v) is 7.45. The van der Waals surface area contributed by atoms with Crippen LogP contribution in [0.15, 0.2) is 54.6 Å². The number of amides is 1. The van der Waals surface area contributed by atoms with Gasteiger partial charge in [-0.2, -0.15) is 0 Å². The summed E-state index contributed by atoms with van der Waals surface area (Å²) in [5, 5.41) is 10.6. The minimum absolute atomic E-state index is 0.0534. The topological polar surface area (TPSA) is 66.8 Å². The third-order valence-electron chi connectivity index (χ3n) is 6.33. The number of hydrogen-bond donors (Lipinski definition) is 1. The molecule has 0 bridgehead atoms. The summed E-state index contributed by atoms with van der Waals surface area (Å²) in [5.41, 5.74) is 1.33. The summed E-state index contributed by atoms with van der Waals surface area (Å²) in [6.45, 7) is 2.77. The van der Waals surface area contributed by atoms with Crippen LogP contribution in [0.5, 0.6) is 0 Å². The van der Waals surface area contributed by atoms with E-state index < -0.39 is 6.10 Å². The molecule has 1 aromatic heterocycles. The van der Waals surface area contributed by atoms with Gasteiger partial charge >= 0.3 is 5.97 Å². The molecule has 0 unspecified atom stereocenters. The molecule has 0 aliphatic carbocycles. The van der Waals surface area contributed by atoms with Gasteiger partial charge in [-0.3, -0.25) is 4.79 Å². The van der Waals surface area contributed by atoms with Crippen molar-refractivity contribution in [3.63, 3.8) is 0 Å². The fourth-order valence-corrected chi connectivity index (χ4v) is 5.24. The van der Waals surface area contributed by atoms with Crippen molar-refractivity contribution in [3.8, 4) is 0 Å². The number of ether oxygens (including phenoxy) is 1. The molecule has 1 aliphatic rings. The van der Waals surface area contributed by atoms with Gasteiger partial charge in [0.05, 0.1) is 19.3 Å². The molecule has 1 N–H and O–H groups in total. The van der Waals surface area contributed by atoms with Gasteiger partial charge in [-0.1, -0.05) is 49.4 Å². The Bertz CT molecular complexity index is 923. The first-order valence-electron chi connectivity index (χ1n) is 11.8. The molecule has 1 aromatic carbocycles. The molecule has 33 heavy (non-hydrogen) atoms. The zero-order valence-corrected chi connectivity index (χ0v) is 20.4. The molecule has 0 spiro atoms. The van der Waals surface area contributed by atoms with Crippen molar-refractivity contribution in [1.82, 2.24) is 4.90 Å². The smallest absolute Gasteiger partial charge is 0.348 e. The highest BCUT2D eigenvalue weighted by atomic mass is 32.1. The lowest BCUT2D eigenvalue weighted by Gasteiger charge is -2.23. The summed E-state index contributed by atoms with van der Waals surface area (Å²) in [6, 6.07) is 14.2. The van der Waals surface area contributed by atoms with Gasteiger partial charge in [0.1, 0.15) is 4.88 Å². The number of nitrogens with zero attached hydrogens (tertiary/aromatic N) is 1. The monoisotopic (exact) mass is 469 g/mol. The van der Waals surface area contributed by atoms with E-state index in [1.165, 1.54) is 24.0 Å². The number of carbonyl (C=O) groups is 2. The van der Waals surface area contributed by atoms with Gasteiger partial charge in [0.15, 0.2) is 0 Å². The number of aryl methyl sites for hydroxylation is 2. The summed E-state index contributed by atoms with van der Waals surface area (Å²) in [5.74, 6) is 0.0499. The van der Waals surface area contributed by atoms with Gasteiger partial charge in [-0.15, -0.1) is 11.3 Å². The normalized spacial score (nSPS) is 18.1. The van der Waals surface area contributed by atoms with Crippen LogP contribution >= 0.6 is 11.3 Å². The largest absolute Gasteiger partial charge is 0.465 e. The second kappa shape index (κ2) is 12.7. The summed E-state index contributed by atoms with van der Waals surface area (Å²) in [4.78, 5) is 27.6. The molecule has 0 saturated carbocycles. The lowest BCUT2D eigenvalue weighted by atomic mass is 9.95. The van der Waals surface area contributed by atoms with Crippen molar-refractivity contribution in [2.45, 2.75) is 64.0 Å². The molecule has 1 aliphatic heterocycles. The van der Waals surface area contributed by atoms with Crippen molar-refractivity contribution in [2.75, 3.05) is 13.7 Å². The number of esters is 1. The number of rotatable bonds is 12. The molecule has 2 heterocycles. The Balaban J connectivity index is 1.43. The Morgan fingerprint density at radius 3 is 2.76 bits per heavy atom. The number of hydrogen-bond acceptors (Lipinski definition) is 5. The van der Waals surface area contributed by atoms with Crippen LogP contribution < -0.4 is 0 Å². The summed E-state index contributed by atoms with van der Waals surface area (Å²) < 4.78 is 4.76. The van der Waals surface area contributed by atoms with E-state index in [0.29, 0.717) is 17.8 Å². The van der Waals surface area contributed by atoms with Gasteiger partial charge in [0.25, 0.3) is 0 Å². The van der Waals surface area contributed by atoms with Crippen LogP contribution in [0.25, 0.3) is 0 Å². The molecule has 2 aromatic rings. The molecule has 3 rings (SSSR count). The minimum atomic E-state index is -0.499. The maximum atomic E-state index is 12.4. The average Bonchev–Trinajstić information content (AvgIpc) is 3.44. The van der Waals surface area contributed by atoms with Gasteiger partial charge in [-0.05, 0) is 62.1 Å². The van der Waals surface area contributed by atoms with Crippen LogP contribution in [-0.4, -0.2) is 47.7 Å². The maximum Gasteiger partial charge on any atom is 0.348 e. The number of aliphatic hydroxyl groups excluding tert-OH is 1. The van der Waals surface area contributed by atoms with Crippen molar-refractivity contribution in [1.29, 1.82) is 0 Å². The molecule has 178 valence electrons. The number of benzene rings is 1. The molecule has 5 nitrogen and oxygen atoms in total. The van der Waals surface area contributed by atoms with Crippen LogP contribution in [0.2, 0.25) is 0 Å². The highest BCUT2D eigenvalue weighted by Crippen LogP contribution is 2.23. The summed E-state index contributed by atoms with van der Waals surface area (Å²) in [7, 11) is 1.39. The minimum Gasteiger partial charge on any atom is -0.465 e. The summed E-state index contributed by atoms with van der Waals surface area (Å²) >= 11 is 1.45. The van der Waals surface area contributed by atoms with E-state index in [0.717, 1.165) is 43.4 Å². The van der Waals surface area contributed by atoms with Crippen LogP contribution in [0.1, 0.15) is 59.1 Å². The van der Waals surface area contributed by atoms with Crippen molar-refractivity contribution >= 4 is 23.2 Å². The van der Waals surface area contributed by atoms with E-state index >= 15 is 0 Å². The van der Waals surface area contributed by atoms with Crippen LogP contribution in [0, 0.1) is 5.92 Å². The van der Waals surface area contributed by atoms with E-state index in [1.807, 2.05) is 29.2 Å². The van der Waals surface area contributed by atoms with Crippen LogP contribution in [0.3, 0.4) is 0 Å². The van der Waals surface area contributed by atoms with E-state index in [2.05, 4.69) is 31.2 Å². The molecule has 1 amide bonds. The van der Waals surface area contributed by atoms with Gasteiger partial charge < -0.3 is 14.7 Å². The first-order chi connectivity index (χ1) is 16.0. The number of aliphatic hydroxyl groups is 1. The standard InChI is InChI=1S/C27H35NO4S/c1-20(8-6-11-21-9-4-3-5-10-21)24(29)16-13-22-14-18-26(30)28(22)19-7-12-23-15-17-25(33-23)27(31)32-2/h3-5,9-10,13,15-17,20,22,24,29H,6-8,11-12,14,18-19H2,1-2H3/t20-,22-,24+/m0/s1. The highest BCUT2D eigenvalue weighted by molar-refractivity contribution is 7.13. The lowest BCUT2D eigenvalue weighted by molar-refractivity contribution is -0.128. The van der Waals surface area contributed by atoms with Gasteiger partial charge in [0, 0.05) is 17.8 Å². The van der Waals surface area contributed by atoms with E-state index in [4.69, 9.17) is 4.74 Å². The van der Waals surface area contributed by atoms with Crippen LogP contribution in [-0.2, 0) is 22.4 Å². The first kappa shape index (κ1) is 25.2. The average molecular weight is 470 g/mol. The van der Waals surface area contributed by atoms with Gasteiger partial charge in [0.2, 0.25) is 5.91 Å². The predicted octanol–water partition coefficient (Wildman–Crippen LogP) is 5.03. The zero-order valence-electron chi connectivity index (χ0n) is 19.6. The van der Waals surface area contributed by atoms with Crippen LogP contribution in [0.4, 0.5) is 0 Å². The molecule has 1 saturated heterocycles. The fourth-order valence-electron chi connectivity index (χ4n) is 4.27. The van der Waals surface area contributed by atoms with Gasteiger partial charge in [-0.25, -0.2) is 4.79 Å². The second-order valence-corrected chi connectivity index (χ2v) is 9.95. The number of likely N-dealkylation sites (tertiary alicyclic amines) is 1. The summed E-state index contributed by atoms with van der Waals surface area (Å²) in [6.07, 6.45) is 9.46. The Kier molecular flexibility index (Phi) is 9.70. The number of methoxy groups -OCH3 is 1. The van der Waals surface area contributed by atoms with Crippen molar-refractivity contribution in [2.24, 2.45) is 5.92 Å². The maximum absolute atomic E-state index is 12.4. The van der Waals surface area contributed by atoms with E-state index in [1.54, 1.807) is 6.07 Å². The molecular formula is C27H35NO4S. The van der Waals surface area contributed by atoms with Crippen molar-refractivity contribution < 1.29 is 19.4 Å². The fraction of sp³-hybridized carbons (Fsp3) is 0.481. The zero-order chi connectivity index (χ0) is 23.6. The molecule has 1 fully saturated rings. The van der Waals surface area contributed by atoms with E-state index in [-0.39, 0.29) is 23.8 Å². The molecular weight excluding hydrogens is 434 g/mol. The third kappa shape index (κ3) is 7.54. The van der Waals surface area contributed by atoms with E-state index in [9.17, 15) is 14.7 Å². The van der Waals surface area contributed by atoms with Crippen molar-refractivity contribution in [3.05, 3.63) is 69.9 Å². The number of carbonyl (C=O) groups excluding carboxylic acids is 2. The Morgan fingerprint density at radius 2 is 2.00 bits per heavy atom. The number of thiophene rings is 1. The Hall–Kier alpha value is -2.44. The first-order valence-corrected chi connectivity index (χ1v) is 12.7. The molecule has 6 heteroatoms. The quantitative estimate of drug-likeness (QED) is 0.350. The SMILES string of the molecule is COC(=O)c1ccc(CCCN2C(=O)CC[C@@H]2C=C[C@@H](O)[C@@H](C)CCCc2ccccc2)s1. The molecule has 0 radical (unpaired) electrons. The highest BCUT2D eigenvalue weighted by Gasteiger charge is 2.28. The molecule has 3 atom stereocenters.